The molecule has 0 aromatic carbocycles. The first kappa shape index (κ1) is 9.52. The van der Waals surface area contributed by atoms with Crippen molar-refractivity contribution < 1.29 is 9.90 Å². The van der Waals surface area contributed by atoms with Gasteiger partial charge in [0.1, 0.15) is 0 Å². The van der Waals surface area contributed by atoms with Gasteiger partial charge < -0.3 is 10.4 Å². The van der Waals surface area contributed by atoms with Crippen LogP contribution < -0.4 is 5.32 Å². The average Bonchev–Trinajstić information content (AvgIpc) is 1.80. The molecular weight excluding hydrogens is 154 g/mol. The Morgan fingerprint density at radius 2 is 2.08 bits per heavy atom. The van der Waals surface area contributed by atoms with Gasteiger partial charge >= 0.3 is 0 Å². The Balaban J connectivity index is 2.29. The van der Waals surface area contributed by atoms with Gasteiger partial charge in [0, 0.05) is 12.0 Å². The predicted molar refractivity (Wildman–Crippen MR) is 46.6 cm³/mol. The minimum absolute atomic E-state index is 0.0300. The number of carbonyl (C=O) groups excluding carboxylic acids is 1. The van der Waals surface area contributed by atoms with Crippen molar-refractivity contribution in [2.24, 2.45) is 5.92 Å². The van der Waals surface area contributed by atoms with Gasteiger partial charge in [0.25, 0.3) is 0 Å². The van der Waals surface area contributed by atoms with Gasteiger partial charge in [-0.3, -0.25) is 4.79 Å². The van der Waals surface area contributed by atoms with E-state index >= 15 is 0 Å². The molecule has 1 aliphatic rings. The van der Waals surface area contributed by atoms with E-state index in [1.165, 1.54) is 0 Å². The SMILES string of the molecule is CC(C)NC(=O)[C@H]1C[C@@](C)(O)C1. The molecule has 1 fully saturated rings. The maximum Gasteiger partial charge on any atom is 0.223 e. The first-order valence-corrected chi connectivity index (χ1v) is 4.43. The van der Waals surface area contributed by atoms with Gasteiger partial charge in [0.2, 0.25) is 5.91 Å². The molecule has 2 N–H and O–H groups in total. The largest absolute Gasteiger partial charge is 0.390 e. The molecular formula is C9H17NO2. The van der Waals surface area contributed by atoms with Gasteiger partial charge in [-0.25, -0.2) is 0 Å². The number of hydrogen-bond donors (Lipinski definition) is 2. The predicted octanol–water partition coefficient (Wildman–Crippen LogP) is 0.672. The molecule has 0 heterocycles. The highest BCUT2D eigenvalue weighted by Gasteiger charge is 2.42. The highest BCUT2D eigenvalue weighted by molar-refractivity contribution is 5.80. The zero-order valence-electron chi connectivity index (χ0n) is 7.92. The van der Waals surface area contributed by atoms with Gasteiger partial charge in [0.05, 0.1) is 5.60 Å². The van der Waals surface area contributed by atoms with Crippen LogP contribution in [0.3, 0.4) is 0 Å². The van der Waals surface area contributed by atoms with Gasteiger partial charge in [0.15, 0.2) is 0 Å². The fourth-order valence-electron chi connectivity index (χ4n) is 1.59. The van der Waals surface area contributed by atoms with Crippen molar-refractivity contribution in [1.82, 2.24) is 5.32 Å². The van der Waals surface area contributed by atoms with Gasteiger partial charge in [-0.05, 0) is 33.6 Å². The summed E-state index contributed by atoms with van der Waals surface area (Å²) in [6.45, 7) is 5.65. The first-order valence-electron chi connectivity index (χ1n) is 4.43. The Kier molecular flexibility index (Phi) is 2.42. The van der Waals surface area contributed by atoms with E-state index < -0.39 is 5.60 Å². The zero-order valence-corrected chi connectivity index (χ0v) is 7.92. The van der Waals surface area contributed by atoms with E-state index in [1.807, 2.05) is 13.8 Å². The molecule has 70 valence electrons. The van der Waals surface area contributed by atoms with Crippen LogP contribution >= 0.6 is 0 Å². The molecule has 0 radical (unpaired) electrons. The maximum absolute atomic E-state index is 11.3. The molecule has 0 unspecified atom stereocenters. The average molecular weight is 171 g/mol. The molecule has 0 bridgehead atoms. The summed E-state index contributed by atoms with van der Waals surface area (Å²) in [6, 6.07) is 0.197. The third-order valence-corrected chi connectivity index (χ3v) is 2.17. The van der Waals surface area contributed by atoms with Crippen LogP contribution in [0.1, 0.15) is 33.6 Å². The van der Waals surface area contributed by atoms with Crippen LogP contribution in [0.25, 0.3) is 0 Å². The Hall–Kier alpha value is -0.570. The summed E-state index contributed by atoms with van der Waals surface area (Å²) in [5.74, 6) is 0.110. The van der Waals surface area contributed by atoms with E-state index in [0.29, 0.717) is 12.8 Å². The summed E-state index contributed by atoms with van der Waals surface area (Å²) in [6.07, 6.45) is 1.21. The van der Waals surface area contributed by atoms with Crippen molar-refractivity contribution in [1.29, 1.82) is 0 Å². The minimum atomic E-state index is -0.598. The number of nitrogens with one attached hydrogen (secondary N) is 1. The molecule has 0 saturated heterocycles. The molecule has 12 heavy (non-hydrogen) atoms. The van der Waals surface area contributed by atoms with Crippen LogP contribution in [-0.2, 0) is 4.79 Å². The Morgan fingerprint density at radius 1 is 1.58 bits per heavy atom. The summed E-state index contributed by atoms with van der Waals surface area (Å²) >= 11 is 0. The van der Waals surface area contributed by atoms with Crippen molar-refractivity contribution in [2.75, 3.05) is 0 Å². The lowest BCUT2D eigenvalue weighted by Crippen LogP contribution is -2.49. The van der Waals surface area contributed by atoms with Gasteiger partial charge in [-0.15, -0.1) is 0 Å². The van der Waals surface area contributed by atoms with Crippen molar-refractivity contribution in [3.63, 3.8) is 0 Å². The van der Waals surface area contributed by atoms with Crippen molar-refractivity contribution in [2.45, 2.75) is 45.3 Å². The summed E-state index contributed by atoms with van der Waals surface area (Å²) in [5.41, 5.74) is -0.598. The number of amides is 1. The number of hydrogen-bond acceptors (Lipinski definition) is 2. The summed E-state index contributed by atoms with van der Waals surface area (Å²) in [4.78, 5) is 11.3. The monoisotopic (exact) mass is 171 g/mol. The van der Waals surface area contributed by atoms with E-state index in [0.717, 1.165) is 0 Å². The van der Waals surface area contributed by atoms with E-state index in [4.69, 9.17) is 0 Å². The molecule has 0 aromatic rings. The minimum Gasteiger partial charge on any atom is -0.390 e. The zero-order chi connectivity index (χ0) is 9.35. The Bertz CT molecular complexity index is 179. The fourth-order valence-corrected chi connectivity index (χ4v) is 1.59. The van der Waals surface area contributed by atoms with Gasteiger partial charge in [-0.2, -0.15) is 0 Å². The molecule has 1 saturated carbocycles. The Morgan fingerprint density at radius 3 is 2.42 bits per heavy atom. The van der Waals surface area contributed by atoms with Crippen molar-refractivity contribution in [3.8, 4) is 0 Å². The molecule has 0 spiro atoms. The van der Waals surface area contributed by atoms with Crippen LogP contribution in [0.2, 0.25) is 0 Å². The second kappa shape index (κ2) is 3.05. The summed E-state index contributed by atoms with van der Waals surface area (Å²) in [7, 11) is 0. The summed E-state index contributed by atoms with van der Waals surface area (Å²) in [5, 5.41) is 12.2. The van der Waals surface area contributed by atoms with Crippen LogP contribution in [0.15, 0.2) is 0 Å². The lowest BCUT2D eigenvalue weighted by molar-refractivity contribution is -0.139. The molecule has 3 heteroatoms. The summed E-state index contributed by atoms with van der Waals surface area (Å²) < 4.78 is 0. The third-order valence-electron chi connectivity index (χ3n) is 2.17. The normalized spacial score (nSPS) is 34.6. The lowest BCUT2D eigenvalue weighted by atomic mass is 9.72. The standard InChI is InChI=1S/C9H17NO2/c1-6(2)10-8(11)7-4-9(3,12)5-7/h6-7,12H,4-5H2,1-3H3,(H,10,11)/t7-,9+. The maximum atomic E-state index is 11.3. The van der Waals surface area contributed by atoms with E-state index in [9.17, 15) is 9.90 Å². The Labute approximate surface area is 73.2 Å². The molecule has 0 aromatic heterocycles. The molecule has 3 nitrogen and oxygen atoms in total. The van der Waals surface area contributed by atoms with Crippen LogP contribution in [-0.4, -0.2) is 22.7 Å². The quantitative estimate of drug-likeness (QED) is 0.641. The van der Waals surface area contributed by atoms with Gasteiger partial charge in [-0.1, -0.05) is 0 Å². The van der Waals surface area contributed by atoms with Crippen molar-refractivity contribution in [3.05, 3.63) is 0 Å². The van der Waals surface area contributed by atoms with E-state index in [2.05, 4.69) is 5.32 Å². The van der Waals surface area contributed by atoms with E-state index in [-0.39, 0.29) is 17.9 Å². The smallest absolute Gasteiger partial charge is 0.223 e. The third kappa shape index (κ3) is 2.21. The number of carbonyl (C=O) groups is 1. The lowest BCUT2D eigenvalue weighted by Gasteiger charge is -2.40. The van der Waals surface area contributed by atoms with Crippen molar-refractivity contribution >= 4 is 5.91 Å². The molecule has 1 aliphatic carbocycles. The number of aliphatic hydroxyl groups is 1. The molecule has 1 rings (SSSR count). The van der Waals surface area contributed by atoms with Crippen LogP contribution in [0.4, 0.5) is 0 Å². The van der Waals surface area contributed by atoms with Crippen LogP contribution in [0, 0.1) is 5.92 Å². The second-order valence-corrected chi connectivity index (χ2v) is 4.27. The van der Waals surface area contributed by atoms with Crippen LogP contribution in [0.5, 0.6) is 0 Å². The fraction of sp³-hybridized carbons (Fsp3) is 0.889. The molecule has 1 amide bonds. The topological polar surface area (TPSA) is 49.3 Å². The molecule has 0 atom stereocenters. The second-order valence-electron chi connectivity index (χ2n) is 4.27. The molecule has 0 aliphatic heterocycles. The number of rotatable bonds is 2. The highest BCUT2D eigenvalue weighted by Crippen LogP contribution is 2.37. The highest BCUT2D eigenvalue weighted by atomic mass is 16.3. The van der Waals surface area contributed by atoms with E-state index in [1.54, 1.807) is 6.92 Å². The first-order chi connectivity index (χ1) is 5.41.